The molecule has 2 rings (SSSR count). The molecule has 5 atom stereocenters. The number of piperidine rings is 1. The van der Waals surface area contributed by atoms with E-state index >= 15 is 0 Å². The van der Waals surface area contributed by atoms with Crippen LogP contribution in [0, 0.1) is 11.8 Å². The maximum atomic E-state index is 9.98. The SMILES string of the molecule is CCC[C@H]1CCN2C[C@@H](O)[C@@H](O)[C@H]2[C@H]1CO. The van der Waals surface area contributed by atoms with Crippen molar-refractivity contribution in [2.24, 2.45) is 11.8 Å². The maximum Gasteiger partial charge on any atom is 0.0970 e. The Hall–Kier alpha value is -0.160. The van der Waals surface area contributed by atoms with E-state index in [1.54, 1.807) is 0 Å². The van der Waals surface area contributed by atoms with Crippen LogP contribution in [0.4, 0.5) is 0 Å². The van der Waals surface area contributed by atoms with Crippen LogP contribution < -0.4 is 0 Å². The van der Waals surface area contributed by atoms with Gasteiger partial charge in [-0.15, -0.1) is 0 Å². The van der Waals surface area contributed by atoms with Crippen LogP contribution in [0.15, 0.2) is 0 Å². The topological polar surface area (TPSA) is 63.9 Å². The first-order valence-corrected chi connectivity index (χ1v) is 6.40. The van der Waals surface area contributed by atoms with E-state index in [1.807, 2.05) is 0 Å². The summed E-state index contributed by atoms with van der Waals surface area (Å²) in [7, 11) is 0. The first-order valence-electron chi connectivity index (χ1n) is 6.40. The molecule has 0 spiro atoms. The Kier molecular flexibility index (Phi) is 3.85. The predicted octanol–water partition coefficient (Wildman–Crippen LogP) is -0.179. The molecule has 0 saturated carbocycles. The van der Waals surface area contributed by atoms with Crippen molar-refractivity contribution in [3.63, 3.8) is 0 Å². The van der Waals surface area contributed by atoms with Crippen LogP contribution in [0.1, 0.15) is 26.2 Å². The monoisotopic (exact) mass is 229 g/mol. The van der Waals surface area contributed by atoms with Gasteiger partial charge >= 0.3 is 0 Å². The Bertz CT molecular complexity index is 236. The largest absolute Gasteiger partial charge is 0.396 e. The van der Waals surface area contributed by atoms with Crippen molar-refractivity contribution >= 4 is 0 Å². The molecule has 0 radical (unpaired) electrons. The summed E-state index contributed by atoms with van der Waals surface area (Å²) in [6, 6.07) is -0.0368. The molecule has 0 aromatic carbocycles. The minimum Gasteiger partial charge on any atom is -0.396 e. The van der Waals surface area contributed by atoms with Crippen LogP contribution in [0.25, 0.3) is 0 Å². The van der Waals surface area contributed by atoms with Gasteiger partial charge in [0, 0.05) is 25.1 Å². The van der Waals surface area contributed by atoms with Crippen LogP contribution in [0.3, 0.4) is 0 Å². The molecule has 2 aliphatic heterocycles. The summed E-state index contributed by atoms with van der Waals surface area (Å²) in [5, 5.41) is 29.2. The highest BCUT2D eigenvalue weighted by Gasteiger charge is 2.48. The maximum absolute atomic E-state index is 9.98. The molecule has 3 N–H and O–H groups in total. The van der Waals surface area contributed by atoms with Gasteiger partial charge in [-0.25, -0.2) is 0 Å². The summed E-state index contributed by atoms with van der Waals surface area (Å²) in [5.41, 5.74) is 0. The van der Waals surface area contributed by atoms with Gasteiger partial charge in [0.25, 0.3) is 0 Å². The molecule has 0 aromatic rings. The van der Waals surface area contributed by atoms with Gasteiger partial charge in [-0.2, -0.15) is 0 Å². The third kappa shape index (κ3) is 1.99. The van der Waals surface area contributed by atoms with E-state index in [-0.39, 0.29) is 18.6 Å². The van der Waals surface area contributed by atoms with E-state index < -0.39 is 12.2 Å². The van der Waals surface area contributed by atoms with E-state index in [9.17, 15) is 15.3 Å². The highest BCUT2D eigenvalue weighted by atomic mass is 16.3. The summed E-state index contributed by atoms with van der Waals surface area (Å²) >= 11 is 0. The fourth-order valence-electron chi connectivity index (χ4n) is 3.49. The fraction of sp³-hybridized carbons (Fsp3) is 1.00. The molecule has 2 aliphatic rings. The van der Waals surface area contributed by atoms with Crippen molar-refractivity contribution in [1.29, 1.82) is 0 Å². The van der Waals surface area contributed by atoms with Gasteiger partial charge < -0.3 is 15.3 Å². The van der Waals surface area contributed by atoms with Crippen molar-refractivity contribution in [2.75, 3.05) is 19.7 Å². The third-order valence-corrected chi connectivity index (χ3v) is 4.29. The number of nitrogens with zero attached hydrogens (tertiary/aromatic N) is 1. The molecule has 4 heteroatoms. The molecule has 2 fully saturated rings. The molecular weight excluding hydrogens is 206 g/mol. The number of rotatable bonds is 3. The number of hydrogen-bond donors (Lipinski definition) is 3. The molecule has 4 nitrogen and oxygen atoms in total. The Morgan fingerprint density at radius 3 is 2.69 bits per heavy atom. The Labute approximate surface area is 96.9 Å². The van der Waals surface area contributed by atoms with Crippen LogP contribution in [0.5, 0.6) is 0 Å². The molecular formula is C12H23NO3. The molecule has 0 aliphatic carbocycles. The van der Waals surface area contributed by atoms with Crippen LogP contribution in [-0.4, -0.2) is 58.2 Å². The second-order valence-corrected chi connectivity index (χ2v) is 5.23. The van der Waals surface area contributed by atoms with Gasteiger partial charge in [0.2, 0.25) is 0 Å². The zero-order valence-corrected chi connectivity index (χ0v) is 9.92. The lowest BCUT2D eigenvalue weighted by Gasteiger charge is -2.42. The summed E-state index contributed by atoms with van der Waals surface area (Å²) in [5.74, 6) is 0.622. The molecule has 0 unspecified atom stereocenters. The van der Waals surface area contributed by atoms with E-state index in [2.05, 4.69) is 11.8 Å². The van der Waals surface area contributed by atoms with E-state index in [0.717, 1.165) is 25.8 Å². The zero-order chi connectivity index (χ0) is 11.7. The summed E-state index contributed by atoms with van der Waals surface area (Å²) < 4.78 is 0. The second kappa shape index (κ2) is 5.00. The zero-order valence-electron chi connectivity index (χ0n) is 9.92. The summed E-state index contributed by atoms with van der Waals surface area (Å²) in [4.78, 5) is 2.14. The Balaban J connectivity index is 2.11. The second-order valence-electron chi connectivity index (χ2n) is 5.23. The summed E-state index contributed by atoms with van der Waals surface area (Å²) in [6.45, 7) is 3.78. The van der Waals surface area contributed by atoms with Crippen LogP contribution in [-0.2, 0) is 0 Å². The van der Waals surface area contributed by atoms with E-state index in [0.29, 0.717) is 12.5 Å². The van der Waals surface area contributed by atoms with Crippen molar-refractivity contribution in [2.45, 2.75) is 44.4 Å². The quantitative estimate of drug-likeness (QED) is 0.628. The average Bonchev–Trinajstić information content (AvgIpc) is 2.56. The molecule has 0 bridgehead atoms. The Morgan fingerprint density at radius 1 is 1.31 bits per heavy atom. The minimum absolute atomic E-state index is 0.0368. The lowest BCUT2D eigenvalue weighted by molar-refractivity contribution is -0.0256. The van der Waals surface area contributed by atoms with Gasteiger partial charge in [-0.1, -0.05) is 19.8 Å². The lowest BCUT2D eigenvalue weighted by Crippen LogP contribution is -2.51. The number of hydrogen-bond acceptors (Lipinski definition) is 4. The van der Waals surface area contributed by atoms with E-state index in [4.69, 9.17) is 0 Å². The van der Waals surface area contributed by atoms with Crippen molar-refractivity contribution in [3.05, 3.63) is 0 Å². The highest BCUT2D eigenvalue weighted by Crippen LogP contribution is 2.37. The average molecular weight is 229 g/mol. The van der Waals surface area contributed by atoms with Gasteiger partial charge in [0.1, 0.15) is 0 Å². The molecule has 0 amide bonds. The Morgan fingerprint density at radius 2 is 2.06 bits per heavy atom. The van der Waals surface area contributed by atoms with Crippen LogP contribution >= 0.6 is 0 Å². The molecule has 16 heavy (non-hydrogen) atoms. The summed E-state index contributed by atoms with van der Waals surface area (Å²) in [6.07, 6.45) is 1.98. The van der Waals surface area contributed by atoms with Crippen molar-refractivity contribution in [1.82, 2.24) is 4.90 Å². The van der Waals surface area contributed by atoms with Gasteiger partial charge in [0.05, 0.1) is 12.2 Å². The highest BCUT2D eigenvalue weighted by molar-refractivity contribution is 5.01. The molecule has 0 aromatic heterocycles. The van der Waals surface area contributed by atoms with Gasteiger partial charge in [-0.3, -0.25) is 4.90 Å². The molecule has 94 valence electrons. The number of fused-ring (bicyclic) bond motifs is 1. The minimum atomic E-state index is -0.684. The fourth-order valence-corrected chi connectivity index (χ4v) is 3.49. The number of aliphatic hydroxyl groups excluding tert-OH is 3. The normalized spacial score (nSPS) is 44.6. The van der Waals surface area contributed by atoms with Crippen LogP contribution in [0.2, 0.25) is 0 Å². The molecule has 2 saturated heterocycles. The standard InChI is InChI=1S/C12H23NO3/c1-2-3-8-4-5-13-6-10(15)12(16)11(13)9(8)7-14/h8-12,14-16H,2-7H2,1H3/t8-,9-,10+,11+,12+/m0/s1. The van der Waals surface area contributed by atoms with Gasteiger partial charge in [0.15, 0.2) is 0 Å². The van der Waals surface area contributed by atoms with Crippen molar-refractivity contribution in [3.8, 4) is 0 Å². The van der Waals surface area contributed by atoms with Crippen molar-refractivity contribution < 1.29 is 15.3 Å². The molecule has 2 heterocycles. The number of aliphatic hydroxyl groups is 3. The van der Waals surface area contributed by atoms with E-state index in [1.165, 1.54) is 0 Å². The first-order chi connectivity index (χ1) is 7.69. The van der Waals surface area contributed by atoms with Gasteiger partial charge in [-0.05, 0) is 18.9 Å². The first kappa shape index (κ1) is 12.3. The predicted molar refractivity (Wildman–Crippen MR) is 61.0 cm³/mol. The lowest BCUT2D eigenvalue weighted by atomic mass is 9.77. The third-order valence-electron chi connectivity index (χ3n) is 4.29. The smallest absolute Gasteiger partial charge is 0.0970 e.